The molecular formula is C14H17NO3. The summed E-state index contributed by atoms with van der Waals surface area (Å²) in [6, 6.07) is 3.86. The Morgan fingerprint density at radius 2 is 2.06 bits per heavy atom. The molecule has 96 valence electrons. The van der Waals surface area contributed by atoms with Gasteiger partial charge in [-0.1, -0.05) is 18.9 Å². The van der Waals surface area contributed by atoms with E-state index in [0.717, 1.165) is 31.2 Å². The fraction of sp³-hybridized carbons (Fsp3) is 0.500. The SMILES string of the molecule is O=C(O)CC(=O)CC1(c2cccnc2)CCCC1. The summed E-state index contributed by atoms with van der Waals surface area (Å²) in [4.78, 5) is 26.5. The highest BCUT2D eigenvalue weighted by Gasteiger charge is 2.37. The normalized spacial score (nSPS) is 17.6. The Balaban J connectivity index is 2.18. The quantitative estimate of drug-likeness (QED) is 0.811. The Kier molecular flexibility index (Phi) is 3.75. The molecule has 2 rings (SSSR count). The molecule has 1 aliphatic rings. The Hall–Kier alpha value is -1.71. The first kappa shape index (κ1) is 12.7. The lowest BCUT2D eigenvalue weighted by atomic mass is 9.75. The lowest BCUT2D eigenvalue weighted by Crippen LogP contribution is -2.27. The number of aromatic nitrogens is 1. The van der Waals surface area contributed by atoms with Gasteiger partial charge >= 0.3 is 5.97 Å². The van der Waals surface area contributed by atoms with Crippen LogP contribution in [-0.4, -0.2) is 21.8 Å². The number of pyridine rings is 1. The van der Waals surface area contributed by atoms with Crippen LogP contribution in [0.15, 0.2) is 24.5 Å². The highest BCUT2D eigenvalue weighted by molar-refractivity contribution is 5.95. The third-order valence-electron chi connectivity index (χ3n) is 3.72. The van der Waals surface area contributed by atoms with E-state index in [-0.39, 0.29) is 17.6 Å². The molecule has 0 bridgehead atoms. The third kappa shape index (κ3) is 2.75. The molecule has 1 aromatic rings. The lowest BCUT2D eigenvalue weighted by molar-refractivity contribution is -0.140. The minimum Gasteiger partial charge on any atom is -0.481 e. The number of hydrogen-bond acceptors (Lipinski definition) is 3. The summed E-state index contributed by atoms with van der Waals surface area (Å²) in [6.07, 6.45) is 7.55. The predicted octanol–water partition coefficient (Wildman–Crippen LogP) is 2.33. The molecule has 1 aliphatic carbocycles. The molecule has 0 aromatic carbocycles. The zero-order chi connectivity index (χ0) is 13.0. The van der Waals surface area contributed by atoms with Gasteiger partial charge in [-0.15, -0.1) is 0 Å². The number of rotatable bonds is 5. The number of nitrogens with zero attached hydrogens (tertiary/aromatic N) is 1. The van der Waals surface area contributed by atoms with Gasteiger partial charge in [0.05, 0.1) is 0 Å². The molecule has 0 unspecified atom stereocenters. The number of ketones is 1. The molecule has 1 fully saturated rings. The third-order valence-corrected chi connectivity index (χ3v) is 3.72. The first-order valence-corrected chi connectivity index (χ1v) is 6.26. The summed E-state index contributed by atoms with van der Waals surface area (Å²) >= 11 is 0. The van der Waals surface area contributed by atoms with Crippen molar-refractivity contribution >= 4 is 11.8 Å². The van der Waals surface area contributed by atoms with Crippen LogP contribution in [-0.2, 0) is 15.0 Å². The summed E-state index contributed by atoms with van der Waals surface area (Å²) in [7, 11) is 0. The first-order valence-electron chi connectivity index (χ1n) is 6.26. The first-order chi connectivity index (χ1) is 8.62. The van der Waals surface area contributed by atoms with E-state index >= 15 is 0 Å². The number of carbonyl (C=O) groups excluding carboxylic acids is 1. The average molecular weight is 247 g/mol. The lowest BCUT2D eigenvalue weighted by Gasteiger charge is -2.28. The minimum absolute atomic E-state index is 0.180. The van der Waals surface area contributed by atoms with Gasteiger partial charge in [0.15, 0.2) is 0 Å². The highest BCUT2D eigenvalue weighted by Crippen LogP contribution is 2.43. The van der Waals surface area contributed by atoms with Gasteiger partial charge in [-0.2, -0.15) is 0 Å². The zero-order valence-electron chi connectivity index (χ0n) is 10.3. The summed E-state index contributed by atoms with van der Waals surface area (Å²) in [5.41, 5.74) is 0.891. The monoisotopic (exact) mass is 247 g/mol. The van der Waals surface area contributed by atoms with E-state index in [0.29, 0.717) is 6.42 Å². The molecule has 0 spiro atoms. The van der Waals surface area contributed by atoms with Crippen LogP contribution < -0.4 is 0 Å². The maximum absolute atomic E-state index is 11.8. The van der Waals surface area contributed by atoms with Crippen molar-refractivity contribution in [3.63, 3.8) is 0 Å². The molecule has 0 radical (unpaired) electrons. The van der Waals surface area contributed by atoms with Gasteiger partial charge in [-0.05, 0) is 24.5 Å². The molecule has 0 amide bonds. The Morgan fingerprint density at radius 1 is 1.33 bits per heavy atom. The maximum atomic E-state index is 11.8. The molecule has 18 heavy (non-hydrogen) atoms. The van der Waals surface area contributed by atoms with E-state index in [4.69, 9.17) is 5.11 Å². The van der Waals surface area contributed by atoms with E-state index in [1.165, 1.54) is 0 Å². The number of Topliss-reactive ketones (excluding diaryl/α,β-unsaturated/α-hetero) is 1. The fourth-order valence-corrected chi connectivity index (χ4v) is 2.90. The predicted molar refractivity (Wildman–Crippen MR) is 66.3 cm³/mol. The second kappa shape index (κ2) is 5.29. The standard InChI is InChI=1S/C14H17NO3/c16-12(8-13(17)18)9-14(5-1-2-6-14)11-4-3-7-15-10-11/h3-4,7,10H,1-2,5-6,8-9H2,(H,17,18). The van der Waals surface area contributed by atoms with Crippen LogP contribution in [0.5, 0.6) is 0 Å². The summed E-state index contributed by atoms with van der Waals surface area (Å²) in [6.45, 7) is 0. The van der Waals surface area contributed by atoms with E-state index < -0.39 is 5.97 Å². The van der Waals surface area contributed by atoms with Crippen LogP contribution in [0.25, 0.3) is 0 Å². The minimum atomic E-state index is -1.04. The van der Waals surface area contributed by atoms with Gasteiger partial charge < -0.3 is 5.11 Å². The molecule has 0 saturated heterocycles. The van der Waals surface area contributed by atoms with Crippen LogP contribution in [0.2, 0.25) is 0 Å². The number of carboxylic acid groups (broad SMARTS) is 1. The van der Waals surface area contributed by atoms with Crippen LogP contribution in [0.3, 0.4) is 0 Å². The van der Waals surface area contributed by atoms with Crippen molar-refractivity contribution in [3.05, 3.63) is 30.1 Å². The van der Waals surface area contributed by atoms with Crippen LogP contribution in [0, 0.1) is 0 Å². The molecule has 1 N–H and O–H groups in total. The van der Waals surface area contributed by atoms with Crippen LogP contribution in [0.1, 0.15) is 44.1 Å². The van der Waals surface area contributed by atoms with Crippen molar-refractivity contribution < 1.29 is 14.7 Å². The van der Waals surface area contributed by atoms with Crippen molar-refractivity contribution in [3.8, 4) is 0 Å². The number of aliphatic carboxylic acids is 1. The number of carboxylic acids is 1. The van der Waals surface area contributed by atoms with E-state index in [2.05, 4.69) is 4.98 Å². The molecule has 1 heterocycles. The van der Waals surface area contributed by atoms with Gasteiger partial charge in [0.1, 0.15) is 12.2 Å². The molecule has 4 heteroatoms. The molecule has 1 aromatic heterocycles. The van der Waals surface area contributed by atoms with Crippen LogP contribution >= 0.6 is 0 Å². The second-order valence-corrected chi connectivity index (χ2v) is 5.02. The second-order valence-electron chi connectivity index (χ2n) is 5.02. The summed E-state index contributed by atoms with van der Waals surface area (Å²) in [5.74, 6) is -1.23. The highest BCUT2D eigenvalue weighted by atomic mass is 16.4. The van der Waals surface area contributed by atoms with E-state index in [9.17, 15) is 9.59 Å². The maximum Gasteiger partial charge on any atom is 0.310 e. The Morgan fingerprint density at radius 3 is 2.61 bits per heavy atom. The van der Waals surface area contributed by atoms with Gasteiger partial charge in [0.25, 0.3) is 0 Å². The van der Waals surface area contributed by atoms with Gasteiger partial charge in [0, 0.05) is 24.2 Å². The fourth-order valence-electron chi connectivity index (χ4n) is 2.90. The topological polar surface area (TPSA) is 67.3 Å². The van der Waals surface area contributed by atoms with Crippen molar-refractivity contribution in [2.24, 2.45) is 0 Å². The van der Waals surface area contributed by atoms with E-state index in [1.54, 1.807) is 12.4 Å². The smallest absolute Gasteiger partial charge is 0.310 e. The summed E-state index contributed by atoms with van der Waals surface area (Å²) < 4.78 is 0. The van der Waals surface area contributed by atoms with Gasteiger partial charge in [0.2, 0.25) is 0 Å². The largest absolute Gasteiger partial charge is 0.481 e. The van der Waals surface area contributed by atoms with Crippen LogP contribution in [0.4, 0.5) is 0 Å². The molecule has 1 saturated carbocycles. The van der Waals surface area contributed by atoms with Crippen molar-refractivity contribution in [1.29, 1.82) is 0 Å². The van der Waals surface area contributed by atoms with Gasteiger partial charge in [-0.3, -0.25) is 14.6 Å². The molecule has 0 atom stereocenters. The number of hydrogen-bond donors (Lipinski definition) is 1. The summed E-state index contributed by atoms with van der Waals surface area (Å²) in [5, 5.41) is 8.68. The Labute approximate surface area is 106 Å². The van der Waals surface area contributed by atoms with E-state index in [1.807, 2.05) is 12.1 Å². The molecule has 0 aliphatic heterocycles. The van der Waals surface area contributed by atoms with Crippen molar-refractivity contribution in [2.75, 3.05) is 0 Å². The Bertz CT molecular complexity index is 436. The average Bonchev–Trinajstić information content (AvgIpc) is 2.79. The van der Waals surface area contributed by atoms with Crippen molar-refractivity contribution in [2.45, 2.75) is 43.9 Å². The molecular weight excluding hydrogens is 230 g/mol. The molecule has 4 nitrogen and oxygen atoms in total. The number of carbonyl (C=O) groups is 2. The van der Waals surface area contributed by atoms with Gasteiger partial charge in [-0.25, -0.2) is 0 Å². The van der Waals surface area contributed by atoms with Crippen molar-refractivity contribution in [1.82, 2.24) is 4.98 Å². The zero-order valence-corrected chi connectivity index (χ0v) is 10.3.